The number of hydrogen-bond acceptors (Lipinski definition) is 5. The van der Waals surface area contributed by atoms with Crippen molar-refractivity contribution in [2.24, 2.45) is 10.8 Å². The maximum atomic E-state index is 10.7. The number of pyridine rings is 1. The van der Waals surface area contributed by atoms with E-state index in [4.69, 9.17) is 5.73 Å². The Kier molecular flexibility index (Phi) is 5.21. The number of aromatic nitrogens is 2. The van der Waals surface area contributed by atoms with Crippen molar-refractivity contribution in [1.82, 2.24) is 15.4 Å². The molecule has 0 radical (unpaired) electrons. The molecule has 2 rings (SSSR count). The molecule has 2 aromatic heterocycles. The maximum Gasteiger partial charge on any atom is 0.332 e. The monoisotopic (exact) mass is 317 g/mol. The lowest BCUT2D eigenvalue weighted by atomic mass is 10.2. The van der Waals surface area contributed by atoms with E-state index in [1.54, 1.807) is 0 Å². The number of urea groups is 1. The molecule has 0 fully saturated rings. The molecule has 2 heterocycles. The van der Waals surface area contributed by atoms with Crippen molar-refractivity contribution in [1.29, 1.82) is 0 Å². The van der Waals surface area contributed by atoms with Gasteiger partial charge in [-0.25, -0.2) is 15.2 Å². The van der Waals surface area contributed by atoms with Crippen LogP contribution >= 0.6 is 11.3 Å². The fraction of sp³-hybridized carbons (Fsp3) is 0.333. The molecule has 7 heteroatoms. The number of rotatable bonds is 5. The van der Waals surface area contributed by atoms with E-state index in [-0.39, 0.29) is 0 Å². The molecule has 0 bridgehead atoms. The quantitative estimate of drug-likeness (QED) is 0.656. The van der Waals surface area contributed by atoms with Crippen molar-refractivity contribution in [2.45, 2.75) is 33.6 Å². The number of primary amides is 1. The van der Waals surface area contributed by atoms with Gasteiger partial charge >= 0.3 is 6.03 Å². The number of thiazole rings is 1. The highest BCUT2D eigenvalue weighted by Crippen LogP contribution is 2.28. The Morgan fingerprint density at radius 2 is 2.27 bits per heavy atom. The first-order valence-electron chi connectivity index (χ1n) is 7.04. The highest BCUT2D eigenvalue weighted by atomic mass is 32.1. The van der Waals surface area contributed by atoms with Crippen LogP contribution in [0.3, 0.4) is 0 Å². The molecule has 116 valence electrons. The molecule has 2 amide bonds. The molecule has 0 saturated heterocycles. The van der Waals surface area contributed by atoms with E-state index in [0.717, 1.165) is 39.7 Å². The Balaban J connectivity index is 2.31. The highest BCUT2D eigenvalue weighted by Gasteiger charge is 2.12. The molecule has 0 atom stereocenters. The van der Waals surface area contributed by atoms with Crippen molar-refractivity contribution >= 4 is 23.1 Å². The molecule has 0 unspecified atom stereocenters. The summed E-state index contributed by atoms with van der Waals surface area (Å²) >= 11 is 1.54. The van der Waals surface area contributed by atoms with E-state index in [0.29, 0.717) is 5.71 Å². The highest BCUT2D eigenvalue weighted by molar-refractivity contribution is 7.17. The second-order valence-corrected chi connectivity index (χ2v) is 5.89. The van der Waals surface area contributed by atoms with E-state index in [9.17, 15) is 4.79 Å². The van der Waals surface area contributed by atoms with Gasteiger partial charge in [-0.2, -0.15) is 5.10 Å². The molecule has 0 aromatic carbocycles. The number of hydrogen-bond donors (Lipinski definition) is 2. The summed E-state index contributed by atoms with van der Waals surface area (Å²) in [6.45, 7) is 5.87. The Morgan fingerprint density at radius 3 is 2.95 bits per heavy atom. The third-order valence-corrected chi connectivity index (χ3v) is 4.34. The molecule has 0 spiro atoms. The van der Waals surface area contributed by atoms with Crippen molar-refractivity contribution in [3.05, 3.63) is 34.6 Å². The van der Waals surface area contributed by atoms with Gasteiger partial charge in [0.15, 0.2) is 0 Å². The normalized spacial score (nSPS) is 11.5. The number of hydrazone groups is 1. The summed E-state index contributed by atoms with van der Waals surface area (Å²) in [5, 5.41) is 4.88. The van der Waals surface area contributed by atoms with Crippen LogP contribution in [-0.2, 0) is 6.42 Å². The third-order valence-electron chi connectivity index (χ3n) is 3.03. The molecule has 22 heavy (non-hydrogen) atoms. The first kappa shape index (κ1) is 16.1. The van der Waals surface area contributed by atoms with Gasteiger partial charge in [0.1, 0.15) is 5.01 Å². The zero-order valence-corrected chi connectivity index (χ0v) is 13.7. The molecular formula is C15H19N5OS. The zero-order chi connectivity index (χ0) is 16.1. The summed E-state index contributed by atoms with van der Waals surface area (Å²) < 4.78 is 0. The van der Waals surface area contributed by atoms with Crippen LogP contribution in [0.15, 0.2) is 23.4 Å². The van der Waals surface area contributed by atoms with Gasteiger partial charge in [0, 0.05) is 17.5 Å². The van der Waals surface area contributed by atoms with Crippen LogP contribution in [-0.4, -0.2) is 21.7 Å². The lowest BCUT2D eigenvalue weighted by Gasteiger charge is -2.00. The predicted octanol–water partition coefficient (Wildman–Crippen LogP) is 2.86. The number of amides is 2. The Labute approximate surface area is 133 Å². The molecule has 0 saturated carbocycles. The van der Waals surface area contributed by atoms with E-state index in [1.807, 2.05) is 26.1 Å². The van der Waals surface area contributed by atoms with Crippen LogP contribution in [0, 0.1) is 6.92 Å². The Bertz CT molecular complexity index is 708. The smallest absolute Gasteiger partial charge is 0.332 e. The first-order chi connectivity index (χ1) is 10.5. The second kappa shape index (κ2) is 7.13. The predicted molar refractivity (Wildman–Crippen MR) is 89.0 cm³/mol. The van der Waals surface area contributed by atoms with Gasteiger partial charge in [-0.05, 0) is 32.4 Å². The SMILES string of the molecule is CCCc1cc(-c2nc(C)c(/C(C)=N\NC(N)=O)s2)ccn1. The summed E-state index contributed by atoms with van der Waals surface area (Å²) in [6.07, 6.45) is 3.82. The third kappa shape index (κ3) is 3.88. The van der Waals surface area contributed by atoms with Crippen molar-refractivity contribution in [3.63, 3.8) is 0 Å². The summed E-state index contributed by atoms with van der Waals surface area (Å²) in [7, 11) is 0. The summed E-state index contributed by atoms with van der Waals surface area (Å²) in [4.78, 5) is 20.6. The van der Waals surface area contributed by atoms with E-state index in [2.05, 4.69) is 33.5 Å². The van der Waals surface area contributed by atoms with Gasteiger partial charge in [0.05, 0.1) is 16.3 Å². The number of carbonyl (C=O) groups is 1. The van der Waals surface area contributed by atoms with Crippen LogP contribution in [0.1, 0.15) is 36.5 Å². The van der Waals surface area contributed by atoms with E-state index < -0.39 is 6.03 Å². The van der Waals surface area contributed by atoms with E-state index in [1.165, 1.54) is 11.3 Å². The molecule has 0 aliphatic heterocycles. The number of aryl methyl sites for hydroxylation is 2. The van der Waals surface area contributed by atoms with E-state index >= 15 is 0 Å². The van der Waals surface area contributed by atoms with Crippen LogP contribution in [0.25, 0.3) is 10.6 Å². The zero-order valence-electron chi connectivity index (χ0n) is 12.9. The largest absolute Gasteiger partial charge is 0.350 e. The molecular weight excluding hydrogens is 298 g/mol. The summed E-state index contributed by atoms with van der Waals surface area (Å²) in [5.74, 6) is 0. The minimum atomic E-state index is -0.680. The fourth-order valence-corrected chi connectivity index (χ4v) is 3.06. The average Bonchev–Trinajstić information content (AvgIpc) is 2.87. The van der Waals surface area contributed by atoms with Crippen molar-refractivity contribution in [2.75, 3.05) is 0 Å². The lowest BCUT2D eigenvalue weighted by Crippen LogP contribution is -2.25. The van der Waals surface area contributed by atoms with Crippen LogP contribution in [0.2, 0.25) is 0 Å². The topological polar surface area (TPSA) is 93.3 Å². The first-order valence-corrected chi connectivity index (χ1v) is 7.85. The van der Waals surface area contributed by atoms with Gasteiger partial charge in [-0.1, -0.05) is 13.3 Å². The Hall–Kier alpha value is -2.28. The summed E-state index contributed by atoms with van der Waals surface area (Å²) in [5.41, 5.74) is 10.9. The maximum absolute atomic E-state index is 10.7. The van der Waals surface area contributed by atoms with Gasteiger partial charge in [0.2, 0.25) is 0 Å². The number of nitrogens with one attached hydrogen (secondary N) is 1. The molecule has 6 nitrogen and oxygen atoms in total. The average molecular weight is 317 g/mol. The molecule has 3 N–H and O–H groups in total. The second-order valence-electron chi connectivity index (χ2n) is 4.89. The Morgan fingerprint density at radius 1 is 1.50 bits per heavy atom. The number of carbonyl (C=O) groups excluding carboxylic acids is 1. The standard InChI is InChI=1S/C15H19N5OS/c1-4-5-12-8-11(6-7-17-12)14-18-9(2)13(22-14)10(3)19-20-15(16)21/h6-8H,4-5H2,1-3H3,(H3,16,20,21)/b19-10-. The summed E-state index contributed by atoms with van der Waals surface area (Å²) in [6, 6.07) is 3.34. The number of nitrogens with zero attached hydrogens (tertiary/aromatic N) is 3. The minimum absolute atomic E-state index is 0.680. The van der Waals surface area contributed by atoms with Crippen molar-refractivity contribution in [3.8, 4) is 10.6 Å². The molecule has 0 aliphatic carbocycles. The molecule has 2 aromatic rings. The van der Waals surface area contributed by atoms with Gasteiger partial charge in [-0.15, -0.1) is 11.3 Å². The van der Waals surface area contributed by atoms with Gasteiger partial charge in [0.25, 0.3) is 0 Å². The van der Waals surface area contributed by atoms with Crippen LogP contribution in [0.4, 0.5) is 4.79 Å². The van der Waals surface area contributed by atoms with Crippen LogP contribution < -0.4 is 11.2 Å². The molecule has 0 aliphatic rings. The lowest BCUT2D eigenvalue weighted by molar-refractivity contribution is 0.249. The minimum Gasteiger partial charge on any atom is -0.350 e. The van der Waals surface area contributed by atoms with Gasteiger partial charge in [-0.3, -0.25) is 4.98 Å². The van der Waals surface area contributed by atoms with Gasteiger partial charge < -0.3 is 5.73 Å². The van der Waals surface area contributed by atoms with Crippen LogP contribution in [0.5, 0.6) is 0 Å². The fourth-order valence-electron chi connectivity index (χ4n) is 2.05. The number of nitrogens with two attached hydrogens (primary N) is 1. The van der Waals surface area contributed by atoms with Crippen molar-refractivity contribution < 1.29 is 4.79 Å².